The maximum Gasteiger partial charge on any atom is 0.127 e. The topological polar surface area (TPSA) is 58.9 Å². The number of phenolic OH excluding ortho intramolecular Hbond substituents is 2. The molecule has 0 fully saturated rings. The van der Waals surface area contributed by atoms with E-state index in [1.165, 1.54) is 114 Å². The molecular formula is C58H100O4. The molecule has 0 saturated heterocycles. The van der Waals surface area contributed by atoms with Crippen LogP contribution >= 0.6 is 0 Å². The second kappa shape index (κ2) is 25.4. The van der Waals surface area contributed by atoms with Gasteiger partial charge in [0.15, 0.2) is 0 Å². The summed E-state index contributed by atoms with van der Waals surface area (Å²) in [5, 5.41) is 20.8. The first-order valence-corrected chi connectivity index (χ1v) is 26.1. The lowest BCUT2D eigenvalue weighted by atomic mass is 9.84. The monoisotopic (exact) mass is 861 g/mol. The van der Waals surface area contributed by atoms with Crippen LogP contribution < -0.4 is 9.47 Å². The highest BCUT2D eigenvalue weighted by atomic mass is 16.5. The molecule has 0 amide bonds. The first kappa shape index (κ1) is 54.0. The summed E-state index contributed by atoms with van der Waals surface area (Å²) in [6.07, 6.45) is 28.1. The van der Waals surface area contributed by atoms with Crippen molar-refractivity contribution in [2.75, 3.05) is 0 Å². The third-order valence-corrected chi connectivity index (χ3v) is 15.7. The summed E-state index contributed by atoms with van der Waals surface area (Å²) < 4.78 is 13.2. The lowest BCUT2D eigenvalue weighted by Gasteiger charge is -2.38. The molecule has 0 spiro atoms. The van der Waals surface area contributed by atoms with Crippen LogP contribution in [0.1, 0.15) is 242 Å². The quantitative estimate of drug-likeness (QED) is 0.110. The van der Waals surface area contributed by atoms with Crippen LogP contribution in [0.2, 0.25) is 0 Å². The van der Waals surface area contributed by atoms with Crippen molar-refractivity contribution in [2.24, 2.45) is 35.5 Å². The summed E-state index contributed by atoms with van der Waals surface area (Å²) in [5.74, 6) is 8.07. The SMILES string of the molecule is Cc1c(C)c2c(c(C)c1O)CC[C@](C)(CCCC(C)CCC[C@@H](C)CCCC(C)C)O2.Cc1c(C)c2c(c(C)c1O)CC[C@](C)(CCCC(C)CCC[C@@H](C)CCCC(C)C)O2. The minimum absolute atomic E-state index is 0.0712. The number of hydrogen-bond acceptors (Lipinski definition) is 4. The highest BCUT2D eigenvalue weighted by molar-refractivity contribution is 5.59. The van der Waals surface area contributed by atoms with Gasteiger partial charge < -0.3 is 19.7 Å². The van der Waals surface area contributed by atoms with Crippen LogP contribution in [0, 0.1) is 77.0 Å². The Bertz CT molecular complexity index is 1530. The molecule has 2 aliphatic heterocycles. The first-order chi connectivity index (χ1) is 29.1. The van der Waals surface area contributed by atoms with Crippen molar-refractivity contribution in [1.82, 2.24) is 0 Å². The van der Waals surface area contributed by atoms with Gasteiger partial charge in [0.05, 0.1) is 0 Å². The van der Waals surface area contributed by atoms with Gasteiger partial charge in [-0.2, -0.15) is 0 Å². The normalized spacial score (nSPS) is 20.4. The Morgan fingerprint density at radius 3 is 0.968 bits per heavy atom. The first-order valence-electron chi connectivity index (χ1n) is 26.1. The molecule has 0 bridgehead atoms. The number of rotatable bonds is 24. The molecule has 2 heterocycles. The Kier molecular flexibility index (Phi) is 22.1. The number of aromatic hydroxyl groups is 2. The highest BCUT2D eigenvalue weighted by Gasteiger charge is 2.35. The molecular weight excluding hydrogens is 761 g/mol. The van der Waals surface area contributed by atoms with Crippen molar-refractivity contribution >= 4 is 0 Å². The molecule has 356 valence electrons. The Morgan fingerprint density at radius 2 is 0.677 bits per heavy atom. The predicted octanol–water partition coefficient (Wildman–Crippen LogP) is 17.7. The summed E-state index contributed by atoms with van der Waals surface area (Å²) in [7, 11) is 0. The van der Waals surface area contributed by atoms with Gasteiger partial charge in [0.25, 0.3) is 0 Å². The third-order valence-electron chi connectivity index (χ3n) is 15.7. The van der Waals surface area contributed by atoms with Gasteiger partial charge >= 0.3 is 0 Å². The van der Waals surface area contributed by atoms with E-state index in [-0.39, 0.29) is 11.2 Å². The zero-order chi connectivity index (χ0) is 46.4. The van der Waals surface area contributed by atoms with Crippen LogP contribution in [0.3, 0.4) is 0 Å². The van der Waals surface area contributed by atoms with Crippen LogP contribution in [-0.4, -0.2) is 21.4 Å². The van der Waals surface area contributed by atoms with E-state index in [0.717, 1.165) is 119 Å². The molecule has 2 aromatic rings. The van der Waals surface area contributed by atoms with E-state index >= 15 is 0 Å². The van der Waals surface area contributed by atoms with Crippen molar-refractivity contribution in [2.45, 2.75) is 263 Å². The van der Waals surface area contributed by atoms with Gasteiger partial charge in [-0.15, -0.1) is 0 Å². The average Bonchev–Trinajstić information content (AvgIpc) is 3.20. The van der Waals surface area contributed by atoms with Crippen molar-refractivity contribution in [3.05, 3.63) is 44.5 Å². The van der Waals surface area contributed by atoms with E-state index in [2.05, 4.69) is 83.1 Å². The van der Waals surface area contributed by atoms with Crippen LogP contribution in [0.15, 0.2) is 0 Å². The molecule has 0 aliphatic carbocycles. The molecule has 2 aliphatic rings. The van der Waals surface area contributed by atoms with Crippen LogP contribution in [0.25, 0.3) is 0 Å². The van der Waals surface area contributed by atoms with Crippen molar-refractivity contribution in [1.29, 1.82) is 0 Å². The lowest BCUT2D eigenvalue weighted by Crippen LogP contribution is -2.37. The Balaban J connectivity index is 0.000000330. The second-order valence-corrected chi connectivity index (χ2v) is 22.9. The van der Waals surface area contributed by atoms with E-state index in [4.69, 9.17) is 9.47 Å². The number of ether oxygens (including phenoxy) is 2. The Morgan fingerprint density at radius 1 is 0.403 bits per heavy atom. The molecule has 62 heavy (non-hydrogen) atoms. The fourth-order valence-electron chi connectivity index (χ4n) is 10.5. The predicted molar refractivity (Wildman–Crippen MR) is 269 cm³/mol. The van der Waals surface area contributed by atoms with Crippen LogP contribution in [0.4, 0.5) is 0 Å². The largest absolute Gasteiger partial charge is 0.507 e. The summed E-state index contributed by atoms with van der Waals surface area (Å²) in [6, 6.07) is 0. The summed E-state index contributed by atoms with van der Waals surface area (Å²) in [6.45, 7) is 35.9. The number of phenols is 2. The fourth-order valence-corrected chi connectivity index (χ4v) is 10.5. The van der Waals surface area contributed by atoms with Gasteiger partial charge in [-0.25, -0.2) is 0 Å². The van der Waals surface area contributed by atoms with Gasteiger partial charge in [0.2, 0.25) is 0 Å². The zero-order valence-electron chi connectivity index (χ0n) is 43.7. The minimum Gasteiger partial charge on any atom is -0.507 e. The summed E-state index contributed by atoms with van der Waals surface area (Å²) in [4.78, 5) is 0. The van der Waals surface area contributed by atoms with Crippen molar-refractivity contribution in [3.8, 4) is 23.0 Å². The summed E-state index contributed by atoms with van der Waals surface area (Å²) >= 11 is 0. The van der Waals surface area contributed by atoms with Crippen molar-refractivity contribution in [3.63, 3.8) is 0 Å². The Labute approximate surface area is 384 Å². The molecule has 0 saturated carbocycles. The minimum atomic E-state index is -0.0712. The van der Waals surface area contributed by atoms with Gasteiger partial charge in [-0.1, -0.05) is 145 Å². The highest BCUT2D eigenvalue weighted by Crippen LogP contribution is 2.46. The van der Waals surface area contributed by atoms with E-state index in [1.54, 1.807) is 0 Å². The molecule has 0 radical (unpaired) electrons. The van der Waals surface area contributed by atoms with Crippen LogP contribution in [-0.2, 0) is 12.8 Å². The van der Waals surface area contributed by atoms with Gasteiger partial charge in [0.1, 0.15) is 34.2 Å². The average molecular weight is 861 g/mol. The fraction of sp³-hybridized carbons (Fsp3) is 0.793. The maximum atomic E-state index is 10.4. The van der Waals surface area contributed by atoms with E-state index in [9.17, 15) is 10.2 Å². The number of benzene rings is 2. The van der Waals surface area contributed by atoms with Gasteiger partial charge in [-0.3, -0.25) is 0 Å². The number of hydrogen-bond donors (Lipinski definition) is 2. The van der Waals surface area contributed by atoms with Crippen LogP contribution in [0.5, 0.6) is 23.0 Å². The molecule has 4 rings (SSSR count). The molecule has 0 aromatic heterocycles. The third kappa shape index (κ3) is 16.6. The molecule has 2 aromatic carbocycles. The molecule has 6 atom stereocenters. The lowest BCUT2D eigenvalue weighted by molar-refractivity contribution is 0.0509. The van der Waals surface area contributed by atoms with Crippen molar-refractivity contribution < 1.29 is 19.7 Å². The van der Waals surface area contributed by atoms with E-state index in [1.807, 2.05) is 27.7 Å². The van der Waals surface area contributed by atoms with E-state index in [0.29, 0.717) is 11.5 Å². The van der Waals surface area contributed by atoms with E-state index < -0.39 is 0 Å². The Hall–Kier alpha value is -2.36. The zero-order valence-corrected chi connectivity index (χ0v) is 43.7. The standard InChI is InChI=1S/2C29H50O2/c2*1-20(2)12-9-13-21(3)14-10-15-22(4)16-11-18-29(8)19-17-26-25(7)27(30)23(5)24(6)28(26)31-29/h2*20-22,30H,9-19H2,1-8H3/t2*21-,22?,29-/m00/s1. The second-order valence-electron chi connectivity index (χ2n) is 22.9. The van der Waals surface area contributed by atoms with Gasteiger partial charge in [-0.05, 0) is 176 Å². The summed E-state index contributed by atoms with van der Waals surface area (Å²) in [5.41, 5.74) is 8.46. The smallest absolute Gasteiger partial charge is 0.127 e. The molecule has 2 unspecified atom stereocenters. The maximum absolute atomic E-state index is 10.4. The molecule has 4 heteroatoms. The molecule has 2 N–H and O–H groups in total. The molecule has 4 nitrogen and oxygen atoms in total. The number of fused-ring (bicyclic) bond motifs is 2. The van der Waals surface area contributed by atoms with Gasteiger partial charge in [0, 0.05) is 11.1 Å².